The largest absolute Gasteiger partial charge is 0.361 e. The minimum Gasteiger partial charge on any atom is -0.361 e. The molecule has 0 aliphatic heterocycles. The van der Waals surface area contributed by atoms with Gasteiger partial charge in [0.25, 0.3) is 0 Å². The molecule has 0 atom stereocenters. The van der Waals surface area contributed by atoms with Crippen LogP contribution in [0.5, 0.6) is 0 Å². The molecule has 0 aliphatic carbocycles. The molecule has 114 valence electrons. The lowest BCUT2D eigenvalue weighted by atomic mass is 10.1. The smallest absolute Gasteiger partial charge is 0.240 e. The molecule has 0 amide bonds. The monoisotopic (exact) mass is 348 g/mol. The summed E-state index contributed by atoms with van der Waals surface area (Å²) in [6.45, 7) is 3.85. The third-order valence-corrected chi connectivity index (χ3v) is 5.25. The molecule has 0 unspecified atom stereocenters. The van der Waals surface area contributed by atoms with Crippen molar-refractivity contribution in [3.63, 3.8) is 0 Å². The minimum atomic E-state index is -3.62. The van der Waals surface area contributed by atoms with Crippen molar-refractivity contribution in [1.82, 2.24) is 9.88 Å². The number of aryl methyl sites for hydroxylation is 2. The molecule has 0 saturated heterocycles. The van der Waals surface area contributed by atoms with E-state index in [1.54, 1.807) is 6.92 Å². The molecular formula is C13H14Cl2N2O3S. The Hall–Kier alpha value is -1.08. The second-order valence-electron chi connectivity index (χ2n) is 4.53. The van der Waals surface area contributed by atoms with E-state index >= 15 is 0 Å². The van der Waals surface area contributed by atoms with Crippen molar-refractivity contribution in [1.29, 1.82) is 0 Å². The van der Waals surface area contributed by atoms with Crippen LogP contribution in [0.4, 0.5) is 0 Å². The molecule has 2 rings (SSSR count). The van der Waals surface area contributed by atoms with Crippen molar-refractivity contribution < 1.29 is 12.9 Å². The highest BCUT2D eigenvalue weighted by Crippen LogP contribution is 2.24. The quantitative estimate of drug-likeness (QED) is 0.900. The summed E-state index contributed by atoms with van der Waals surface area (Å²) in [5.74, 6) is 0.696. The first-order valence-electron chi connectivity index (χ1n) is 6.17. The molecule has 1 aromatic heterocycles. The zero-order valence-electron chi connectivity index (χ0n) is 11.5. The standard InChI is InChI=1S/C13H14Cl2N2O3S/c1-8-11(9(2)20-17-8)5-6-16-21(18,19)10-3-4-12(14)13(15)7-10/h3-4,7,16H,5-6H2,1-2H3. The van der Waals surface area contributed by atoms with E-state index in [9.17, 15) is 8.42 Å². The van der Waals surface area contributed by atoms with Gasteiger partial charge < -0.3 is 4.52 Å². The van der Waals surface area contributed by atoms with Gasteiger partial charge in [0.1, 0.15) is 5.76 Å². The highest BCUT2D eigenvalue weighted by molar-refractivity contribution is 7.89. The average Bonchev–Trinajstić information content (AvgIpc) is 2.73. The predicted molar refractivity (Wildman–Crippen MR) is 81.3 cm³/mol. The summed E-state index contributed by atoms with van der Waals surface area (Å²) in [5, 5.41) is 4.34. The third kappa shape index (κ3) is 3.77. The van der Waals surface area contributed by atoms with Crippen molar-refractivity contribution in [3.05, 3.63) is 45.3 Å². The lowest BCUT2D eigenvalue weighted by Crippen LogP contribution is -2.26. The Morgan fingerprint density at radius 2 is 1.95 bits per heavy atom. The van der Waals surface area contributed by atoms with Gasteiger partial charge in [0, 0.05) is 12.1 Å². The Morgan fingerprint density at radius 1 is 1.24 bits per heavy atom. The summed E-state index contributed by atoms with van der Waals surface area (Å²) in [5.41, 5.74) is 1.67. The van der Waals surface area contributed by atoms with E-state index in [0.29, 0.717) is 17.2 Å². The fourth-order valence-electron chi connectivity index (χ4n) is 1.90. The highest BCUT2D eigenvalue weighted by atomic mass is 35.5. The second kappa shape index (κ2) is 6.36. The van der Waals surface area contributed by atoms with Crippen LogP contribution in [0, 0.1) is 13.8 Å². The highest BCUT2D eigenvalue weighted by Gasteiger charge is 2.16. The Morgan fingerprint density at radius 3 is 2.52 bits per heavy atom. The fraction of sp³-hybridized carbons (Fsp3) is 0.308. The van der Waals surface area contributed by atoms with Crippen molar-refractivity contribution in [2.45, 2.75) is 25.2 Å². The summed E-state index contributed by atoms with van der Waals surface area (Å²) in [4.78, 5) is 0.0793. The molecule has 5 nitrogen and oxygen atoms in total. The maximum atomic E-state index is 12.1. The predicted octanol–water partition coefficient (Wildman–Crippen LogP) is 3.12. The Balaban J connectivity index is 2.06. The number of nitrogens with one attached hydrogen (secondary N) is 1. The van der Waals surface area contributed by atoms with Gasteiger partial charge in [-0.25, -0.2) is 13.1 Å². The van der Waals surface area contributed by atoms with Crippen LogP contribution >= 0.6 is 23.2 Å². The van der Waals surface area contributed by atoms with E-state index in [0.717, 1.165) is 11.3 Å². The maximum absolute atomic E-state index is 12.1. The first-order valence-corrected chi connectivity index (χ1v) is 8.41. The summed E-state index contributed by atoms with van der Waals surface area (Å²) >= 11 is 11.6. The van der Waals surface area contributed by atoms with E-state index in [-0.39, 0.29) is 16.5 Å². The first-order chi connectivity index (χ1) is 9.81. The Kier molecular flexibility index (Phi) is 4.93. The maximum Gasteiger partial charge on any atom is 0.240 e. The van der Waals surface area contributed by atoms with Crippen LogP contribution in [0.3, 0.4) is 0 Å². The molecule has 0 spiro atoms. The summed E-state index contributed by atoms with van der Waals surface area (Å²) in [7, 11) is -3.62. The number of rotatable bonds is 5. The topological polar surface area (TPSA) is 72.2 Å². The zero-order chi connectivity index (χ0) is 15.6. The lowest BCUT2D eigenvalue weighted by Gasteiger charge is -2.07. The normalized spacial score (nSPS) is 11.8. The Bertz CT molecular complexity index is 737. The molecule has 0 fully saturated rings. The van der Waals surface area contributed by atoms with Crippen LogP contribution in [0.1, 0.15) is 17.0 Å². The summed E-state index contributed by atoms with van der Waals surface area (Å²) < 4.78 is 31.8. The van der Waals surface area contributed by atoms with Crippen LogP contribution in [-0.2, 0) is 16.4 Å². The average molecular weight is 349 g/mol. The van der Waals surface area contributed by atoms with E-state index in [1.165, 1.54) is 18.2 Å². The van der Waals surface area contributed by atoms with E-state index in [1.807, 2.05) is 6.92 Å². The number of hydrogen-bond donors (Lipinski definition) is 1. The van der Waals surface area contributed by atoms with Gasteiger partial charge in [-0.15, -0.1) is 0 Å². The minimum absolute atomic E-state index is 0.0793. The van der Waals surface area contributed by atoms with Gasteiger partial charge in [-0.1, -0.05) is 28.4 Å². The van der Waals surface area contributed by atoms with Gasteiger partial charge in [0.15, 0.2) is 0 Å². The third-order valence-electron chi connectivity index (χ3n) is 3.05. The van der Waals surface area contributed by atoms with Gasteiger partial charge in [-0.3, -0.25) is 0 Å². The van der Waals surface area contributed by atoms with Gasteiger partial charge in [0.2, 0.25) is 10.0 Å². The van der Waals surface area contributed by atoms with Gasteiger partial charge in [-0.2, -0.15) is 0 Å². The molecule has 0 saturated carbocycles. The van der Waals surface area contributed by atoms with Crippen LogP contribution in [0.25, 0.3) is 0 Å². The number of aromatic nitrogens is 1. The number of nitrogens with zero attached hydrogens (tertiary/aromatic N) is 1. The molecular weight excluding hydrogens is 335 g/mol. The molecule has 1 aromatic carbocycles. The first kappa shape index (κ1) is 16.3. The van der Waals surface area contributed by atoms with E-state index in [4.69, 9.17) is 27.7 Å². The summed E-state index contributed by atoms with van der Waals surface area (Å²) in [6.07, 6.45) is 0.502. The number of benzene rings is 1. The van der Waals surface area contributed by atoms with E-state index in [2.05, 4.69) is 9.88 Å². The van der Waals surface area contributed by atoms with Gasteiger partial charge >= 0.3 is 0 Å². The molecule has 8 heteroatoms. The van der Waals surface area contributed by atoms with Crippen molar-refractivity contribution in [2.75, 3.05) is 6.54 Å². The lowest BCUT2D eigenvalue weighted by molar-refractivity contribution is 0.392. The number of sulfonamides is 1. The van der Waals surface area contributed by atoms with Gasteiger partial charge in [-0.05, 0) is 38.5 Å². The number of hydrogen-bond acceptors (Lipinski definition) is 4. The molecule has 1 N–H and O–H groups in total. The van der Waals surface area contributed by atoms with Crippen LogP contribution in [-0.4, -0.2) is 20.1 Å². The molecule has 0 bridgehead atoms. The Labute approximate surface area is 133 Å². The summed E-state index contributed by atoms with van der Waals surface area (Å²) in [6, 6.07) is 4.18. The van der Waals surface area contributed by atoms with Crippen molar-refractivity contribution >= 4 is 33.2 Å². The van der Waals surface area contributed by atoms with Gasteiger partial charge in [0.05, 0.1) is 20.6 Å². The number of halogens is 2. The molecule has 0 aliphatic rings. The van der Waals surface area contributed by atoms with Crippen molar-refractivity contribution in [3.8, 4) is 0 Å². The van der Waals surface area contributed by atoms with Crippen LogP contribution in [0.2, 0.25) is 10.0 Å². The zero-order valence-corrected chi connectivity index (χ0v) is 13.8. The fourth-order valence-corrected chi connectivity index (χ4v) is 3.32. The SMILES string of the molecule is Cc1noc(C)c1CCNS(=O)(=O)c1ccc(Cl)c(Cl)c1. The second-order valence-corrected chi connectivity index (χ2v) is 7.11. The molecule has 2 aromatic rings. The molecule has 1 heterocycles. The van der Waals surface area contributed by atoms with Crippen LogP contribution < -0.4 is 4.72 Å². The van der Waals surface area contributed by atoms with E-state index < -0.39 is 10.0 Å². The van der Waals surface area contributed by atoms with Crippen molar-refractivity contribution in [2.24, 2.45) is 0 Å². The van der Waals surface area contributed by atoms with Crippen LogP contribution in [0.15, 0.2) is 27.6 Å². The molecule has 21 heavy (non-hydrogen) atoms. The molecule has 0 radical (unpaired) electrons.